The lowest BCUT2D eigenvalue weighted by molar-refractivity contribution is -0.270. The molecule has 0 aliphatic carbocycles. The van der Waals surface area contributed by atoms with Crippen LogP contribution in [0.1, 0.15) is 12.5 Å². The van der Waals surface area contributed by atoms with Gasteiger partial charge in [0.05, 0.1) is 6.61 Å². The van der Waals surface area contributed by atoms with Crippen molar-refractivity contribution >= 4 is 0 Å². The van der Waals surface area contributed by atoms with E-state index in [2.05, 4.69) is 0 Å². The number of alkyl halides is 3. The van der Waals surface area contributed by atoms with Gasteiger partial charge in [-0.3, -0.25) is 0 Å². The van der Waals surface area contributed by atoms with E-state index in [9.17, 15) is 13.2 Å². The van der Waals surface area contributed by atoms with Gasteiger partial charge in [0.15, 0.2) is 5.60 Å². The number of rotatable bonds is 4. The van der Waals surface area contributed by atoms with Crippen LogP contribution in [0.3, 0.4) is 0 Å². The van der Waals surface area contributed by atoms with Crippen molar-refractivity contribution in [2.24, 2.45) is 5.73 Å². The van der Waals surface area contributed by atoms with Gasteiger partial charge in [-0.2, -0.15) is 13.2 Å². The summed E-state index contributed by atoms with van der Waals surface area (Å²) >= 11 is 0. The fourth-order valence-corrected chi connectivity index (χ4v) is 1.07. The number of hydrogen-bond acceptors (Lipinski definition) is 2. The van der Waals surface area contributed by atoms with Gasteiger partial charge in [-0.05, 0) is 12.5 Å². The van der Waals surface area contributed by atoms with Gasteiger partial charge in [-0.25, -0.2) is 0 Å². The average Bonchev–Trinajstić information content (AvgIpc) is 2.26. The number of benzene rings is 1. The van der Waals surface area contributed by atoms with E-state index >= 15 is 0 Å². The summed E-state index contributed by atoms with van der Waals surface area (Å²) in [5, 5.41) is 0. The van der Waals surface area contributed by atoms with Crippen LogP contribution >= 0.6 is 0 Å². The second kappa shape index (κ2) is 4.84. The summed E-state index contributed by atoms with van der Waals surface area (Å²) in [6, 6.07) is 8.67. The maximum atomic E-state index is 12.6. The maximum Gasteiger partial charge on any atom is 0.418 e. The third-order valence-electron chi connectivity index (χ3n) is 2.39. The van der Waals surface area contributed by atoms with Crippen molar-refractivity contribution in [3.63, 3.8) is 0 Å². The van der Waals surface area contributed by atoms with Crippen molar-refractivity contribution in [1.82, 2.24) is 0 Å². The summed E-state index contributed by atoms with van der Waals surface area (Å²) in [5.41, 5.74) is 3.51. The topological polar surface area (TPSA) is 35.2 Å². The number of ether oxygens (including phenoxy) is 1. The van der Waals surface area contributed by atoms with E-state index < -0.39 is 18.3 Å². The van der Waals surface area contributed by atoms with Crippen molar-refractivity contribution < 1.29 is 17.9 Å². The van der Waals surface area contributed by atoms with Crippen LogP contribution in [0.15, 0.2) is 30.3 Å². The Kier molecular flexibility index (Phi) is 3.93. The first kappa shape index (κ1) is 13.0. The molecule has 1 atom stereocenters. The molecule has 90 valence electrons. The molecule has 0 fully saturated rings. The molecule has 0 saturated heterocycles. The van der Waals surface area contributed by atoms with Gasteiger partial charge in [-0.1, -0.05) is 30.3 Å². The molecule has 1 aromatic rings. The highest BCUT2D eigenvalue weighted by atomic mass is 19.4. The molecule has 1 aromatic carbocycles. The summed E-state index contributed by atoms with van der Waals surface area (Å²) in [4.78, 5) is 0. The summed E-state index contributed by atoms with van der Waals surface area (Å²) in [7, 11) is 0. The Bertz CT molecular complexity index is 326. The third kappa shape index (κ3) is 2.96. The van der Waals surface area contributed by atoms with Crippen molar-refractivity contribution in [2.75, 3.05) is 6.54 Å². The normalized spacial score (nSPS) is 15.8. The molecule has 0 aliphatic heterocycles. The van der Waals surface area contributed by atoms with Crippen molar-refractivity contribution in [3.8, 4) is 0 Å². The highest BCUT2D eigenvalue weighted by molar-refractivity contribution is 5.13. The quantitative estimate of drug-likeness (QED) is 0.867. The first-order valence-corrected chi connectivity index (χ1v) is 4.84. The molecule has 1 unspecified atom stereocenters. The van der Waals surface area contributed by atoms with E-state index in [-0.39, 0.29) is 6.61 Å². The van der Waals surface area contributed by atoms with Crippen LogP contribution in [0, 0.1) is 0 Å². The van der Waals surface area contributed by atoms with Crippen molar-refractivity contribution in [2.45, 2.75) is 25.3 Å². The number of hydrogen-bond donors (Lipinski definition) is 1. The Morgan fingerprint density at radius 3 is 2.19 bits per heavy atom. The van der Waals surface area contributed by atoms with E-state index in [0.717, 1.165) is 6.92 Å². The second-order valence-corrected chi connectivity index (χ2v) is 3.71. The van der Waals surface area contributed by atoms with Gasteiger partial charge in [-0.15, -0.1) is 0 Å². The fraction of sp³-hybridized carbons (Fsp3) is 0.455. The van der Waals surface area contributed by atoms with Gasteiger partial charge in [0, 0.05) is 6.54 Å². The molecule has 0 aliphatic rings. The molecule has 0 heterocycles. The van der Waals surface area contributed by atoms with Gasteiger partial charge in [0.1, 0.15) is 0 Å². The monoisotopic (exact) mass is 233 g/mol. The molecule has 5 heteroatoms. The van der Waals surface area contributed by atoms with Gasteiger partial charge < -0.3 is 10.5 Å². The molecule has 2 nitrogen and oxygen atoms in total. The highest BCUT2D eigenvalue weighted by Crippen LogP contribution is 2.33. The van der Waals surface area contributed by atoms with Crippen molar-refractivity contribution in [3.05, 3.63) is 35.9 Å². The molecule has 1 rings (SSSR count). The zero-order valence-corrected chi connectivity index (χ0v) is 8.92. The lowest BCUT2D eigenvalue weighted by Crippen LogP contribution is -2.50. The minimum absolute atomic E-state index is 0.103. The largest absolute Gasteiger partial charge is 0.418 e. The Hall–Kier alpha value is -1.07. The van der Waals surface area contributed by atoms with Gasteiger partial charge in [0.25, 0.3) is 0 Å². The lowest BCUT2D eigenvalue weighted by atomic mass is 10.1. The predicted molar refractivity (Wildman–Crippen MR) is 54.7 cm³/mol. The molecule has 0 saturated carbocycles. The molecule has 16 heavy (non-hydrogen) atoms. The molecule has 0 bridgehead atoms. The standard InChI is InChI=1S/C11H14F3NO/c1-10(8-15,11(12,13)14)16-7-9-5-3-2-4-6-9/h2-6H,7-8,15H2,1H3. The van der Waals surface area contributed by atoms with Crippen LogP contribution in [-0.4, -0.2) is 18.3 Å². The Balaban J connectivity index is 2.66. The predicted octanol–water partition coefficient (Wildman–Crippen LogP) is 2.48. The summed E-state index contributed by atoms with van der Waals surface area (Å²) in [6.07, 6.45) is -4.46. The average molecular weight is 233 g/mol. The minimum atomic E-state index is -4.46. The van der Waals surface area contributed by atoms with Crippen LogP contribution < -0.4 is 5.73 Å². The van der Waals surface area contributed by atoms with E-state index in [1.165, 1.54) is 0 Å². The van der Waals surface area contributed by atoms with Gasteiger partial charge in [0.2, 0.25) is 0 Å². The maximum absolute atomic E-state index is 12.6. The van der Waals surface area contributed by atoms with E-state index in [1.807, 2.05) is 0 Å². The summed E-state index contributed by atoms with van der Waals surface area (Å²) in [6.45, 7) is 0.257. The third-order valence-corrected chi connectivity index (χ3v) is 2.39. The lowest BCUT2D eigenvalue weighted by Gasteiger charge is -2.30. The molecule has 0 radical (unpaired) electrons. The minimum Gasteiger partial charge on any atom is -0.360 e. The molecule has 2 N–H and O–H groups in total. The molecular weight excluding hydrogens is 219 g/mol. The molecular formula is C11H14F3NO. The summed E-state index contributed by atoms with van der Waals surface area (Å²) < 4.78 is 42.7. The SMILES string of the molecule is CC(CN)(OCc1ccccc1)C(F)(F)F. The second-order valence-electron chi connectivity index (χ2n) is 3.71. The molecule has 0 amide bonds. The van der Waals surface area contributed by atoms with E-state index in [1.54, 1.807) is 30.3 Å². The van der Waals surface area contributed by atoms with Crippen LogP contribution in [0.4, 0.5) is 13.2 Å². The van der Waals surface area contributed by atoms with Crippen molar-refractivity contribution in [1.29, 1.82) is 0 Å². The Labute approximate surface area is 92.2 Å². The highest BCUT2D eigenvalue weighted by Gasteiger charge is 2.51. The Morgan fingerprint density at radius 1 is 1.19 bits per heavy atom. The van der Waals surface area contributed by atoms with E-state index in [0.29, 0.717) is 5.56 Å². The van der Waals surface area contributed by atoms with Crippen LogP contribution in [0.25, 0.3) is 0 Å². The van der Waals surface area contributed by atoms with Crippen LogP contribution in [0.5, 0.6) is 0 Å². The first-order chi connectivity index (χ1) is 7.39. The molecule has 0 aromatic heterocycles. The Morgan fingerprint density at radius 2 is 1.75 bits per heavy atom. The van der Waals surface area contributed by atoms with Crippen LogP contribution in [-0.2, 0) is 11.3 Å². The molecule has 0 spiro atoms. The zero-order valence-electron chi connectivity index (χ0n) is 8.92. The number of nitrogens with two attached hydrogens (primary N) is 1. The van der Waals surface area contributed by atoms with E-state index in [4.69, 9.17) is 10.5 Å². The van der Waals surface area contributed by atoms with Crippen LogP contribution in [0.2, 0.25) is 0 Å². The smallest absolute Gasteiger partial charge is 0.360 e. The first-order valence-electron chi connectivity index (χ1n) is 4.84. The number of halogens is 3. The summed E-state index contributed by atoms with van der Waals surface area (Å²) in [5.74, 6) is 0. The zero-order chi connectivity index (χ0) is 12.2. The van der Waals surface area contributed by atoms with Gasteiger partial charge >= 0.3 is 6.18 Å². The fourth-order valence-electron chi connectivity index (χ4n) is 1.07.